The van der Waals surface area contributed by atoms with Crippen molar-refractivity contribution in [3.8, 4) is 17.2 Å². The van der Waals surface area contributed by atoms with E-state index in [9.17, 15) is 5.11 Å². The van der Waals surface area contributed by atoms with Crippen molar-refractivity contribution in [1.82, 2.24) is 0 Å². The maximum Gasteiger partial charge on any atom is 0.200 e. The Bertz CT molecular complexity index is 324. The van der Waals surface area contributed by atoms with Gasteiger partial charge in [0.05, 0.1) is 20.3 Å². The molecule has 0 saturated carbocycles. The molecule has 1 N–H and O–H groups in total. The van der Waals surface area contributed by atoms with E-state index in [4.69, 9.17) is 14.2 Å². The normalized spacial score (nSPS) is 12.2. The Balaban J connectivity index is 3.02. The quantitative estimate of drug-likeness (QED) is 0.834. The number of ether oxygens (including phenoxy) is 3. The molecule has 0 aliphatic carbocycles. The molecule has 0 radical (unpaired) electrons. The van der Waals surface area contributed by atoms with E-state index in [1.165, 1.54) is 14.2 Å². The molecule has 1 aromatic carbocycles. The lowest BCUT2D eigenvalue weighted by Gasteiger charge is -2.13. The molecule has 1 atom stereocenters. The lowest BCUT2D eigenvalue weighted by molar-refractivity contribution is 0.118. The molecule has 1 unspecified atom stereocenters. The molecule has 1 rings (SSSR count). The Labute approximate surface area is 95.8 Å². The van der Waals surface area contributed by atoms with Gasteiger partial charge in [0, 0.05) is 7.11 Å². The highest BCUT2D eigenvalue weighted by Gasteiger charge is 2.12. The summed E-state index contributed by atoms with van der Waals surface area (Å²) in [7, 11) is 4.69. The Kier molecular flexibility index (Phi) is 4.43. The van der Waals surface area contributed by atoms with Crippen LogP contribution in [0.3, 0.4) is 0 Å². The van der Waals surface area contributed by atoms with Crippen LogP contribution in [0.15, 0.2) is 12.1 Å². The first-order valence-corrected chi connectivity index (χ1v) is 5.09. The van der Waals surface area contributed by atoms with Crippen LogP contribution in [0.5, 0.6) is 17.2 Å². The van der Waals surface area contributed by atoms with Gasteiger partial charge in [-0.05, 0) is 31.0 Å². The van der Waals surface area contributed by atoms with E-state index in [0.717, 1.165) is 12.0 Å². The zero-order valence-electron chi connectivity index (χ0n) is 10.1. The van der Waals surface area contributed by atoms with Crippen molar-refractivity contribution in [2.45, 2.75) is 19.4 Å². The molecule has 90 valence electrons. The van der Waals surface area contributed by atoms with Crippen LogP contribution in [0.4, 0.5) is 0 Å². The summed E-state index contributed by atoms with van der Waals surface area (Å²) in [5.74, 6) is 0.856. The fraction of sp³-hybridized carbons (Fsp3) is 0.500. The van der Waals surface area contributed by atoms with Crippen molar-refractivity contribution in [3.63, 3.8) is 0 Å². The Morgan fingerprint density at radius 2 is 1.62 bits per heavy atom. The molecular weight excluding hydrogens is 208 g/mol. The van der Waals surface area contributed by atoms with Crippen LogP contribution < -0.4 is 9.47 Å². The van der Waals surface area contributed by atoms with Crippen LogP contribution in [-0.2, 0) is 11.2 Å². The van der Waals surface area contributed by atoms with Crippen molar-refractivity contribution < 1.29 is 19.3 Å². The van der Waals surface area contributed by atoms with Crippen LogP contribution >= 0.6 is 0 Å². The summed E-state index contributed by atoms with van der Waals surface area (Å²) in [5, 5.41) is 9.72. The van der Waals surface area contributed by atoms with Gasteiger partial charge in [-0.25, -0.2) is 0 Å². The molecule has 0 aromatic heterocycles. The van der Waals surface area contributed by atoms with E-state index in [2.05, 4.69) is 0 Å². The second-order valence-electron chi connectivity index (χ2n) is 3.60. The summed E-state index contributed by atoms with van der Waals surface area (Å²) in [6.45, 7) is 1.98. The SMILES string of the molecule is COc1cc(CC(C)OC)cc(OC)c1O. The van der Waals surface area contributed by atoms with Crippen LogP contribution in [0, 0.1) is 0 Å². The number of hydrogen-bond donors (Lipinski definition) is 1. The van der Waals surface area contributed by atoms with Crippen molar-refractivity contribution in [2.75, 3.05) is 21.3 Å². The van der Waals surface area contributed by atoms with Crippen molar-refractivity contribution in [2.24, 2.45) is 0 Å². The summed E-state index contributed by atoms with van der Waals surface area (Å²) in [6, 6.07) is 3.57. The van der Waals surface area contributed by atoms with Crippen molar-refractivity contribution in [3.05, 3.63) is 17.7 Å². The third-order valence-corrected chi connectivity index (χ3v) is 2.47. The van der Waals surface area contributed by atoms with Gasteiger partial charge in [0.1, 0.15) is 0 Å². The molecule has 16 heavy (non-hydrogen) atoms. The highest BCUT2D eigenvalue weighted by atomic mass is 16.5. The summed E-state index contributed by atoms with van der Waals surface area (Å²) < 4.78 is 15.3. The minimum Gasteiger partial charge on any atom is -0.502 e. The maximum atomic E-state index is 9.72. The molecular formula is C12H18O4. The Morgan fingerprint density at radius 3 is 2.00 bits per heavy atom. The fourth-order valence-corrected chi connectivity index (χ4v) is 1.48. The molecule has 0 heterocycles. The van der Waals surface area contributed by atoms with E-state index < -0.39 is 0 Å². The first-order chi connectivity index (χ1) is 7.62. The molecule has 4 heteroatoms. The second-order valence-corrected chi connectivity index (χ2v) is 3.60. The summed E-state index contributed by atoms with van der Waals surface area (Å²) in [4.78, 5) is 0. The van der Waals surface area contributed by atoms with Gasteiger partial charge in [0.2, 0.25) is 5.75 Å². The van der Waals surface area contributed by atoms with Crippen LogP contribution in [0.25, 0.3) is 0 Å². The van der Waals surface area contributed by atoms with Crippen molar-refractivity contribution in [1.29, 1.82) is 0 Å². The Morgan fingerprint density at radius 1 is 1.12 bits per heavy atom. The lowest BCUT2D eigenvalue weighted by Crippen LogP contribution is -2.08. The maximum absolute atomic E-state index is 9.72. The van der Waals surface area contributed by atoms with Crippen LogP contribution in [0.2, 0.25) is 0 Å². The Hall–Kier alpha value is -1.42. The van der Waals surface area contributed by atoms with E-state index in [1.54, 1.807) is 19.2 Å². The van der Waals surface area contributed by atoms with Gasteiger partial charge in [-0.1, -0.05) is 0 Å². The lowest BCUT2D eigenvalue weighted by atomic mass is 10.1. The van der Waals surface area contributed by atoms with Gasteiger partial charge < -0.3 is 19.3 Å². The second kappa shape index (κ2) is 5.61. The van der Waals surface area contributed by atoms with Gasteiger partial charge in [-0.3, -0.25) is 0 Å². The highest BCUT2D eigenvalue weighted by Crippen LogP contribution is 2.37. The number of benzene rings is 1. The standard InChI is InChI=1S/C12H18O4/c1-8(14-2)5-9-6-10(15-3)12(13)11(7-9)16-4/h6-8,13H,5H2,1-4H3. The number of rotatable bonds is 5. The molecule has 0 bridgehead atoms. The molecule has 4 nitrogen and oxygen atoms in total. The van der Waals surface area contributed by atoms with E-state index in [0.29, 0.717) is 11.5 Å². The minimum absolute atomic E-state index is 0.0267. The van der Waals surface area contributed by atoms with Crippen molar-refractivity contribution >= 4 is 0 Å². The zero-order chi connectivity index (χ0) is 12.1. The van der Waals surface area contributed by atoms with Gasteiger partial charge >= 0.3 is 0 Å². The topological polar surface area (TPSA) is 47.9 Å². The van der Waals surface area contributed by atoms with Crippen LogP contribution in [0.1, 0.15) is 12.5 Å². The molecule has 1 aromatic rings. The third kappa shape index (κ3) is 2.79. The number of hydrogen-bond acceptors (Lipinski definition) is 4. The average Bonchev–Trinajstić information content (AvgIpc) is 2.30. The number of aromatic hydroxyl groups is 1. The predicted molar refractivity (Wildman–Crippen MR) is 61.4 cm³/mol. The van der Waals surface area contributed by atoms with E-state index in [-0.39, 0.29) is 11.9 Å². The smallest absolute Gasteiger partial charge is 0.200 e. The predicted octanol–water partition coefficient (Wildman–Crippen LogP) is 1.99. The largest absolute Gasteiger partial charge is 0.502 e. The fourth-order valence-electron chi connectivity index (χ4n) is 1.48. The van der Waals surface area contributed by atoms with Gasteiger partial charge in [-0.2, -0.15) is 0 Å². The average molecular weight is 226 g/mol. The summed E-state index contributed by atoms with van der Waals surface area (Å²) >= 11 is 0. The van der Waals surface area contributed by atoms with Gasteiger partial charge in [-0.15, -0.1) is 0 Å². The summed E-state index contributed by atoms with van der Waals surface area (Å²) in [6.07, 6.45) is 0.850. The monoisotopic (exact) mass is 226 g/mol. The van der Waals surface area contributed by atoms with E-state index >= 15 is 0 Å². The molecule has 0 fully saturated rings. The van der Waals surface area contributed by atoms with Gasteiger partial charge in [0.15, 0.2) is 11.5 Å². The number of phenols is 1. The van der Waals surface area contributed by atoms with E-state index in [1.807, 2.05) is 6.92 Å². The number of phenolic OH excluding ortho intramolecular Hbond substituents is 1. The van der Waals surface area contributed by atoms with Gasteiger partial charge in [0.25, 0.3) is 0 Å². The minimum atomic E-state index is 0.0267. The molecule has 0 spiro atoms. The van der Waals surface area contributed by atoms with Crippen LogP contribution in [-0.4, -0.2) is 32.5 Å². The highest BCUT2D eigenvalue weighted by molar-refractivity contribution is 5.52. The first kappa shape index (κ1) is 12.6. The molecule has 0 amide bonds. The zero-order valence-corrected chi connectivity index (χ0v) is 10.1. The molecule has 0 aliphatic heterocycles. The number of methoxy groups -OCH3 is 3. The third-order valence-electron chi connectivity index (χ3n) is 2.47. The first-order valence-electron chi connectivity index (χ1n) is 5.09. The molecule has 0 aliphatic rings. The molecule has 0 saturated heterocycles. The summed E-state index contributed by atoms with van der Waals surface area (Å²) in [5.41, 5.74) is 1.00.